The fraction of sp³-hybridized carbons (Fsp3) is 0.421. The summed E-state index contributed by atoms with van der Waals surface area (Å²) in [6.45, 7) is 1.41. The molecule has 3 rings (SSSR count). The number of hydrogen-bond donors (Lipinski definition) is 2. The normalized spacial score (nSPS) is 20.0. The molecule has 6 nitrogen and oxygen atoms in total. The summed E-state index contributed by atoms with van der Waals surface area (Å²) in [5, 5.41) is 13.6. The molecule has 2 aromatic rings. The Morgan fingerprint density at radius 1 is 1.31 bits per heavy atom. The monoisotopic (exact) mass is 358 g/mol. The molecule has 7 heteroatoms. The van der Waals surface area contributed by atoms with Gasteiger partial charge < -0.3 is 15.3 Å². The molecular formula is C19H23FN4O2. The second kappa shape index (κ2) is 8.23. The van der Waals surface area contributed by atoms with Gasteiger partial charge in [-0.05, 0) is 37.0 Å². The van der Waals surface area contributed by atoms with Crippen molar-refractivity contribution in [2.24, 2.45) is 0 Å². The first-order valence-corrected chi connectivity index (χ1v) is 8.79. The van der Waals surface area contributed by atoms with Crippen molar-refractivity contribution in [3.8, 4) is 0 Å². The van der Waals surface area contributed by atoms with Crippen LogP contribution in [0.25, 0.3) is 0 Å². The number of carbonyl (C=O) groups excluding carboxylic acids is 1. The van der Waals surface area contributed by atoms with E-state index in [2.05, 4.69) is 15.3 Å². The smallest absolute Gasteiger partial charge is 0.220 e. The Morgan fingerprint density at radius 2 is 2.12 bits per heavy atom. The predicted molar refractivity (Wildman–Crippen MR) is 96.2 cm³/mol. The zero-order valence-electron chi connectivity index (χ0n) is 14.6. The molecule has 0 radical (unpaired) electrons. The molecule has 1 aliphatic heterocycles. The van der Waals surface area contributed by atoms with Gasteiger partial charge in [-0.2, -0.15) is 0 Å². The molecule has 0 spiro atoms. The van der Waals surface area contributed by atoms with Gasteiger partial charge in [0, 0.05) is 38.4 Å². The number of β-amino-alcohol motifs (C(OH)–C–C–N with tert-alkyl or cyclic N) is 1. The van der Waals surface area contributed by atoms with Gasteiger partial charge in [0.05, 0.1) is 11.8 Å². The third kappa shape index (κ3) is 4.98. The number of rotatable bonds is 6. The fourth-order valence-corrected chi connectivity index (χ4v) is 3.17. The van der Waals surface area contributed by atoms with Gasteiger partial charge in [-0.25, -0.2) is 9.37 Å². The molecule has 0 saturated carbocycles. The van der Waals surface area contributed by atoms with Crippen molar-refractivity contribution >= 4 is 11.7 Å². The molecule has 2 N–H and O–H groups in total. The van der Waals surface area contributed by atoms with Gasteiger partial charge in [0.2, 0.25) is 5.91 Å². The Labute approximate surface area is 152 Å². The number of carbonyl (C=O) groups is 1. The van der Waals surface area contributed by atoms with Crippen LogP contribution in [-0.2, 0) is 11.2 Å². The minimum Gasteiger partial charge on any atom is -0.386 e. The average Bonchev–Trinajstić information content (AvgIpc) is 2.67. The van der Waals surface area contributed by atoms with E-state index < -0.39 is 5.60 Å². The molecule has 2 heterocycles. The Balaban J connectivity index is 1.48. The largest absolute Gasteiger partial charge is 0.386 e. The molecule has 1 atom stereocenters. The maximum atomic E-state index is 12.9. The number of hydrogen-bond acceptors (Lipinski definition) is 5. The molecular weight excluding hydrogens is 335 g/mol. The van der Waals surface area contributed by atoms with Crippen LogP contribution in [0.2, 0.25) is 0 Å². The third-order valence-electron chi connectivity index (χ3n) is 4.60. The topological polar surface area (TPSA) is 78.4 Å². The Bertz CT molecular complexity index is 726. The van der Waals surface area contributed by atoms with Crippen molar-refractivity contribution in [3.05, 3.63) is 54.2 Å². The van der Waals surface area contributed by atoms with E-state index >= 15 is 0 Å². The number of aliphatic hydroxyl groups is 1. The number of piperidine rings is 1. The summed E-state index contributed by atoms with van der Waals surface area (Å²) in [4.78, 5) is 22.4. The summed E-state index contributed by atoms with van der Waals surface area (Å²) >= 11 is 0. The zero-order valence-corrected chi connectivity index (χ0v) is 14.6. The van der Waals surface area contributed by atoms with Crippen LogP contribution in [0, 0.1) is 5.82 Å². The number of benzene rings is 1. The molecule has 0 unspecified atom stereocenters. The van der Waals surface area contributed by atoms with Crippen LogP contribution in [0.15, 0.2) is 42.9 Å². The van der Waals surface area contributed by atoms with E-state index in [1.807, 2.05) is 4.90 Å². The molecule has 0 bridgehead atoms. The molecule has 26 heavy (non-hydrogen) atoms. The van der Waals surface area contributed by atoms with Crippen LogP contribution in [0.4, 0.5) is 10.2 Å². The molecule has 1 aromatic carbocycles. The molecule has 138 valence electrons. The van der Waals surface area contributed by atoms with Crippen molar-refractivity contribution in [2.75, 3.05) is 24.5 Å². The lowest BCUT2D eigenvalue weighted by atomic mass is 9.92. The maximum Gasteiger partial charge on any atom is 0.220 e. The second-order valence-corrected chi connectivity index (χ2v) is 6.72. The molecule has 1 saturated heterocycles. The first-order chi connectivity index (χ1) is 12.5. The van der Waals surface area contributed by atoms with Gasteiger partial charge in [-0.1, -0.05) is 12.1 Å². The van der Waals surface area contributed by atoms with Crippen molar-refractivity contribution in [3.63, 3.8) is 0 Å². The van der Waals surface area contributed by atoms with Crippen molar-refractivity contribution in [1.82, 2.24) is 15.3 Å². The average molecular weight is 358 g/mol. The highest BCUT2D eigenvalue weighted by atomic mass is 19.1. The SMILES string of the molecule is O=C(CCc1ccc(F)cc1)NC[C@]1(O)CCCN(c2cnccn2)C1. The van der Waals surface area contributed by atoms with Crippen LogP contribution >= 0.6 is 0 Å². The first-order valence-electron chi connectivity index (χ1n) is 8.79. The summed E-state index contributed by atoms with van der Waals surface area (Å²) in [7, 11) is 0. The third-order valence-corrected chi connectivity index (χ3v) is 4.60. The van der Waals surface area contributed by atoms with Crippen LogP contribution in [0.1, 0.15) is 24.8 Å². The van der Waals surface area contributed by atoms with Crippen LogP contribution < -0.4 is 10.2 Å². The van der Waals surface area contributed by atoms with Crippen LogP contribution in [0.3, 0.4) is 0 Å². The van der Waals surface area contributed by atoms with E-state index in [4.69, 9.17) is 0 Å². The fourth-order valence-electron chi connectivity index (χ4n) is 3.17. The highest BCUT2D eigenvalue weighted by molar-refractivity contribution is 5.76. The summed E-state index contributed by atoms with van der Waals surface area (Å²) in [6, 6.07) is 6.13. The summed E-state index contributed by atoms with van der Waals surface area (Å²) < 4.78 is 12.9. The summed E-state index contributed by atoms with van der Waals surface area (Å²) in [5.41, 5.74) is -0.0758. The Morgan fingerprint density at radius 3 is 2.85 bits per heavy atom. The highest BCUT2D eigenvalue weighted by Crippen LogP contribution is 2.24. The molecule has 0 aliphatic carbocycles. The van der Waals surface area contributed by atoms with Gasteiger partial charge in [0.15, 0.2) is 0 Å². The number of halogens is 1. The first kappa shape index (κ1) is 18.3. The quantitative estimate of drug-likeness (QED) is 0.822. The number of nitrogens with one attached hydrogen (secondary N) is 1. The van der Waals surface area contributed by atoms with Gasteiger partial charge >= 0.3 is 0 Å². The minimum absolute atomic E-state index is 0.126. The van der Waals surface area contributed by atoms with E-state index in [1.54, 1.807) is 30.7 Å². The van der Waals surface area contributed by atoms with Crippen molar-refractivity contribution in [2.45, 2.75) is 31.3 Å². The highest BCUT2D eigenvalue weighted by Gasteiger charge is 2.34. The minimum atomic E-state index is -0.985. The van der Waals surface area contributed by atoms with Crippen LogP contribution in [-0.4, -0.2) is 46.2 Å². The van der Waals surface area contributed by atoms with E-state index in [-0.39, 0.29) is 18.3 Å². The Kier molecular flexibility index (Phi) is 5.78. The number of aromatic nitrogens is 2. The number of amides is 1. The Hall–Kier alpha value is -2.54. The molecule has 1 aromatic heterocycles. The van der Waals surface area contributed by atoms with E-state index in [1.165, 1.54) is 12.1 Å². The number of nitrogens with zero attached hydrogens (tertiary/aromatic N) is 3. The summed E-state index contributed by atoms with van der Waals surface area (Å²) in [5.74, 6) is 0.318. The predicted octanol–water partition coefficient (Wildman–Crippen LogP) is 1.70. The number of aryl methyl sites for hydroxylation is 1. The summed E-state index contributed by atoms with van der Waals surface area (Å²) in [6.07, 6.45) is 7.20. The zero-order chi connectivity index (χ0) is 18.4. The lowest BCUT2D eigenvalue weighted by molar-refractivity contribution is -0.122. The van der Waals surface area contributed by atoms with E-state index in [0.717, 1.165) is 24.3 Å². The van der Waals surface area contributed by atoms with Gasteiger partial charge in [-0.3, -0.25) is 9.78 Å². The second-order valence-electron chi connectivity index (χ2n) is 6.72. The lowest BCUT2D eigenvalue weighted by Crippen LogP contribution is -2.54. The van der Waals surface area contributed by atoms with Gasteiger partial charge in [0.25, 0.3) is 0 Å². The van der Waals surface area contributed by atoms with Gasteiger partial charge in [0.1, 0.15) is 11.6 Å². The molecule has 1 fully saturated rings. The standard InChI is InChI=1S/C19H23FN4O2/c20-16-5-2-15(3-6-16)4-7-18(25)23-13-19(26)8-1-11-24(14-19)17-12-21-9-10-22-17/h2-3,5-6,9-10,12,26H,1,4,7-8,11,13-14H2,(H,23,25)/t19-/m1/s1. The van der Waals surface area contributed by atoms with Gasteiger partial charge in [-0.15, -0.1) is 0 Å². The van der Waals surface area contributed by atoms with Crippen LogP contribution in [0.5, 0.6) is 0 Å². The molecule has 1 amide bonds. The van der Waals surface area contributed by atoms with Crippen molar-refractivity contribution < 1.29 is 14.3 Å². The van der Waals surface area contributed by atoms with E-state index in [9.17, 15) is 14.3 Å². The van der Waals surface area contributed by atoms with Crippen molar-refractivity contribution in [1.29, 1.82) is 0 Å². The molecule has 1 aliphatic rings. The maximum absolute atomic E-state index is 12.9. The lowest BCUT2D eigenvalue weighted by Gasteiger charge is -2.39. The van der Waals surface area contributed by atoms with E-state index in [0.29, 0.717) is 25.8 Å². The number of anilines is 1.